The van der Waals surface area contributed by atoms with Gasteiger partial charge >= 0.3 is 17.8 Å². The summed E-state index contributed by atoms with van der Waals surface area (Å²) in [6, 6.07) is 0. The fourth-order valence-corrected chi connectivity index (χ4v) is 1.28. The first kappa shape index (κ1) is 20.8. The van der Waals surface area contributed by atoms with Crippen molar-refractivity contribution < 1.29 is 41.5 Å². The van der Waals surface area contributed by atoms with Crippen molar-refractivity contribution in [2.75, 3.05) is 6.61 Å². The van der Waals surface area contributed by atoms with Gasteiger partial charge in [-0.2, -0.15) is 17.6 Å². The van der Waals surface area contributed by atoms with Gasteiger partial charge in [0.05, 0.1) is 13.0 Å². The molecule has 1 heterocycles. The summed E-state index contributed by atoms with van der Waals surface area (Å²) in [6.07, 6.45) is -2.36. The number of rotatable bonds is 5. The minimum absolute atomic E-state index is 0.126. The largest absolute Gasteiger partial charge is 0.466 e. The maximum Gasteiger partial charge on any atom is 0.325 e. The summed E-state index contributed by atoms with van der Waals surface area (Å²) in [5.41, 5.74) is 4.39. The van der Waals surface area contributed by atoms with Crippen molar-refractivity contribution in [3.63, 3.8) is 0 Å². The second-order valence-corrected chi connectivity index (χ2v) is 4.46. The Bertz CT molecular complexity index is 482. The number of imide groups is 1. The molecule has 132 valence electrons. The van der Waals surface area contributed by atoms with Crippen molar-refractivity contribution in [2.24, 2.45) is 5.73 Å². The molecule has 1 rings (SSSR count). The molecule has 1 saturated heterocycles. The average Bonchev–Trinajstić information content (AvgIpc) is 2.43. The lowest BCUT2D eigenvalue weighted by atomic mass is 10.1. The van der Waals surface area contributed by atoms with Gasteiger partial charge in [-0.05, 0) is 6.92 Å². The lowest BCUT2D eigenvalue weighted by Gasteiger charge is -2.19. The number of halogens is 4. The van der Waals surface area contributed by atoms with Crippen LogP contribution in [-0.4, -0.2) is 42.1 Å². The number of nitrogens with two attached hydrogens (primary N) is 1. The molecule has 0 unspecified atom stereocenters. The molecule has 0 saturated carbocycles. The molecule has 0 aromatic heterocycles. The molecule has 1 aliphatic rings. The van der Waals surface area contributed by atoms with Gasteiger partial charge in [-0.25, -0.2) is 0 Å². The topological polar surface area (TPSA) is 116 Å². The number of carbonyl (C=O) groups is 4. The molecule has 0 aromatic carbocycles. The van der Waals surface area contributed by atoms with Crippen molar-refractivity contribution in [3.05, 3.63) is 0 Å². The van der Waals surface area contributed by atoms with Gasteiger partial charge in [-0.3, -0.25) is 24.5 Å². The molecule has 0 atom stereocenters. The van der Waals surface area contributed by atoms with Gasteiger partial charge in [-0.15, -0.1) is 0 Å². The molecule has 1 aliphatic heterocycles. The van der Waals surface area contributed by atoms with Crippen molar-refractivity contribution in [1.82, 2.24) is 5.32 Å². The average molecular weight is 344 g/mol. The number of primary amides is 1. The molecule has 7 nitrogen and oxygen atoms in total. The number of carbonyl (C=O) groups excluding carboxylic acids is 4. The van der Waals surface area contributed by atoms with Crippen molar-refractivity contribution in [3.8, 4) is 0 Å². The van der Waals surface area contributed by atoms with Gasteiger partial charge in [0.2, 0.25) is 5.91 Å². The number of hydrogen-bond acceptors (Lipinski definition) is 5. The normalized spacial score (nSPS) is 16.7. The van der Waals surface area contributed by atoms with E-state index in [0.717, 1.165) is 0 Å². The maximum atomic E-state index is 12.5. The molecule has 3 amide bonds. The predicted octanol–water partition coefficient (Wildman–Crippen LogP) is 0.509. The molecular weight excluding hydrogens is 328 g/mol. The van der Waals surface area contributed by atoms with Crippen LogP contribution in [0.3, 0.4) is 0 Å². The van der Waals surface area contributed by atoms with Crippen LogP contribution in [0.15, 0.2) is 0 Å². The fourth-order valence-electron chi connectivity index (χ4n) is 1.28. The Hall–Kier alpha value is -2.20. The summed E-state index contributed by atoms with van der Waals surface area (Å²) in [5, 5.41) is 1.54. The first-order valence-corrected chi connectivity index (χ1v) is 6.48. The number of alkyl halides is 4. The van der Waals surface area contributed by atoms with Gasteiger partial charge < -0.3 is 10.5 Å². The first-order valence-electron chi connectivity index (χ1n) is 6.48. The zero-order chi connectivity index (χ0) is 18.3. The van der Waals surface area contributed by atoms with Crippen molar-refractivity contribution in [2.45, 2.75) is 44.5 Å². The molecule has 0 bridgehead atoms. The molecule has 0 aromatic rings. The highest BCUT2D eigenvalue weighted by Crippen LogP contribution is 2.23. The lowest BCUT2D eigenvalue weighted by Crippen LogP contribution is -2.48. The third-order valence-electron chi connectivity index (χ3n) is 2.56. The Morgan fingerprint density at radius 3 is 2.30 bits per heavy atom. The van der Waals surface area contributed by atoms with Gasteiger partial charge in [0.15, 0.2) is 0 Å². The summed E-state index contributed by atoms with van der Waals surface area (Å²) in [4.78, 5) is 41.3. The van der Waals surface area contributed by atoms with Gasteiger partial charge in [0, 0.05) is 19.3 Å². The van der Waals surface area contributed by atoms with Crippen LogP contribution in [-0.2, 0) is 23.9 Å². The predicted molar refractivity (Wildman–Crippen MR) is 67.3 cm³/mol. The third kappa shape index (κ3) is 7.56. The van der Waals surface area contributed by atoms with Crippen LogP contribution in [0.1, 0.15) is 32.6 Å². The lowest BCUT2D eigenvalue weighted by molar-refractivity contribution is -0.155. The van der Waals surface area contributed by atoms with E-state index in [1.54, 1.807) is 12.2 Å². The Labute approximate surface area is 128 Å². The minimum atomic E-state index is -3.63. The van der Waals surface area contributed by atoms with Crippen LogP contribution in [0, 0.1) is 0 Å². The summed E-state index contributed by atoms with van der Waals surface area (Å²) < 4.78 is 53.7. The SMILES string of the molecule is CCOC(=O)CCC(F)(F)C(N)=O.O=C1CCC(F)(F)C(=O)N1. The minimum Gasteiger partial charge on any atom is -0.466 e. The van der Waals surface area contributed by atoms with E-state index in [1.165, 1.54) is 0 Å². The van der Waals surface area contributed by atoms with E-state index in [0.29, 0.717) is 0 Å². The molecule has 0 spiro atoms. The summed E-state index contributed by atoms with van der Waals surface area (Å²) in [6.45, 7) is 1.69. The zero-order valence-corrected chi connectivity index (χ0v) is 12.2. The monoisotopic (exact) mass is 344 g/mol. The van der Waals surface area contributed by atoms with Crippen molar-refractivity contribution >= 4 is 23.7 Å². The Morgan fingerprint density at radius 1 is 1.35 bits per heavy atom. The van der Waals surface area contributed by atoms with E-state index in [2.05, 4.69) is 10.5 Å². The number of piperidine rings is 1. The Balaban J connectivity index is 0.000000433. The highest BCUT2D eigenvalue weighted by atomic mass is 19.3. The van der Waals surface area contributed by atoms with Crippen LogP contribution in [0.2, 0.25) is 0 Å². The van der Waals surface area contributed by atoms with Gasteiger partial charge in [-0.1, -0.05) is 0 Å². The fraction of sp³-hybridized carbons (Fsp3) is 0.667. The third-order valence-corrected chi connectivity index (χ3v) is 2.56. The van der Waals surface area contributed by atoms with E-state index in [4.69, 9.17) is 0 Å². The van der Waals surface area contributed by atoms with Crippen LogP contribution in [0.25, 0.3) is 0 Å². The molecule has 11 heteroatoms. The second-order valence-electron chi connectivity index (χ2n) is 4.46. The van der Waals surface area contributed by atoms with Crippen molar-refractivity contribution in [1.29, 1.82) is 0 Å². The van der Waals surface area contributed by atoms with E-state index < -0.39 is 54.8 Å². The maximum absolute atomic E-state index is 12.5. The smallest absolute Gasteiger partial charge is 0.325 e. The number of ether oxygens (including phenoxy) is 1. The highest BCUT2D eigenvalue weighted by molar-refractivity contribution is 6.01. The molecule has 23 heavy (non-hydrogen) atoms. The number of hydrogen-bond donors (Lipinski definition) is 2. The summed E-state index contributed by atoms with van der Waals surface area (Å²) in [5.74, 6) is -11.6. The van der Waals surface area contributed by atoms with E-state index in [9.17, 15) is 36.7 Å². The zero-order valence-electron chi connectivity index (χ0n) is 12.2. The number of esters is 1. The standard InChI is InChI=1S/C7H11F2NO3.C5H5F2NO2/c1-2-13-5(11)3-4-7(8,9)6(10)12;6-5(7)2-1-3(9)8-4(5)10/h2-4H2,1H3,(H2,10,12);1-2H2,(H,8,9,10). The van der Waals surface area contributed by atoms with E-state index in [-0.39, 0.29) is 13.0 Å². The van der Waals surface area contributed by atoms with Gasteiger partial charge in [0.25, 0.3) is 11.8 Å². The molecule has 3 N–H and O–H groups in total. The Kier molecular flexibility index (Phi) is 7.63. The summed E-state index contributed by atoms with van der Waals surface area (Å²) in [7, 11) is 0. The van der Waals surface area contributed by atoms with Gasteiger partial charge in [0.1, 0.15) is 0 Å². The second kappa shape index (κ2) is 8.44. The number of nitrogens with one attached hydrogen (secondary N) is 1. The van der Waals surface area contributed by atoms with E-state index >= 15 is 0 Å². The van der Waals surface area contributed by atoms with Crippen LogP contribution in [0.4, 0.5) is 17.6 Å². The van der Waals surface area contributed by atoms with Crippen LogP contribution >= 0.6 is 0 Å². The quantitative estimate of drug-likeness (QED) is 0.428. The van der Waals surface area contributed by atoms with Crippen LogP contribution in [0.5, 0.6) is 0 Å². The highest BCUT2D eigenvalue weighted by Gasteiger charge is 2.43. The van der Waals surface area contributed by atoms with E-state index in [1.807, 2.05) is 0 Å². The number of amides is 3. The first-order chi connectivity index (χ1) is 10.4. The molecule has 1 fully saturated rings. The molecule has 0 radical (unpaired) electrons. The molecular formula is C12H16F4N2O5. The molecule has 0 aliphatic carbocycles. The Morgan fingerprint density at radius 2 is 1.91 bits per heavy atom. The van der Waals surface area contributed by atoms with Crippen LogP contribution < -0.4 is 11.1 Å². The summed E-state index contributed by atoms with van der Waals surface area (Å²) >= 11 is 0.